The van der Waals surface area contributed by atoms with Crippen molar-refractivity contribution in [3.8, 4) is 0 Å². The maximum atomic E-state index is 4.69. The zero-order valence-corrected chi connectivity index (χ0v) is 18.5. The first-order valence-electron chi connectivity index (χ1n) is 9.31. The zero-order valence-electron chi connectivity index (χ0n) is 15.5. The normalized spacial score (nSPS) is 17.4. The Morgan fingerprint density at radius 3 is 3.04 bits per heavy atom. The third kappa shape index (κ3) is 3.65. The van der Waals surface area contributed by atoms with Crippen molar-refractivity contribution < 1.29 is 21.5 Å². The van der Waals surface area contributed by atoms with Crippen molar-refractivity contribution in [2.45, 2.75) is 26.3 Å². The van der Waals surface area contributed by atoms with Crippen LogP contribution in [-0.4, -0.2) is 36.7 Å². The SMILES string of the molecule is Cc1cn2c(C3=CN[I-]C=C3)cnc2c(Nc2cc(CN3CCCC3)ns2)n1. The summed E-state index contributed by atoms with van der Waals surface area (Å²) in [6.45, 7) is 5.30. The van der Waals surface area contributed by atoms with Crippen LogP contribution in [0.2, 0.25) is 0 Å². The number of nitrogens with zero attached hydrogens (tertiary/aromatic N) is 5. The van der Waals surface area contributed by atoms with E-state index in [1.165, 1.54) is 37.5 Å². The first-order valence-corrected chi connectivity index (χ1v) is 12.4. The minimum absolute atomic E-state index is 0.0544. The number of halogens is 1. The molecule has 0 radical (unpaired) electrons. The molecule has 146 valence electrons. The van der Waals surface area contributed by atoms with Gasteiger partial charge >= 0.3 is 148 Å². The number of hydrogen-bond donors (Lipinski definition) is 2. The molecule has 5 rings (SSSR count). The second kappa shape index (κ2) is 7.80. The van der Waals surface area contributed by atoms with Gasteiger partial charge in [0.25, 0.3) is 0 Å². The molecular formula is C19H21IN7S-. The molecule has 0 aliphatic carbocycles. The Bertz CT molecular complexity index is 1060. The molecule has 1 fully saturated rings. The molecule has 9 heteroatoms. The Balaban J connectivity index is 1.43. The summed E-state index contributed by atoms with van der Waals surface area (Å²) in [7, 11) is 0. The van der Waals surface area contributed by atoms with Gasteiger partial charge in [-0.15, -0.1) is 0 Å². The topological polar surface area (TPSA) is 70.4 Å². The monoisotopic (exact) mass is 506 g/mol. The predicted molar refractivity (Wildman–Crippen MR) is 108 cm³/mol. The molecule has 0 aromatic carbocycles. The number of aryl methyl sites for hydroxylation is 1. The van der Waals surface area contributed by atoms with Crippen LogP contribution in [-0.2, 0) is 6.54 Å². The molecule has 0 saturated carbocycles. The first-order chi connectivity index (χ1) is 13.8. The van der Waals surface area contributed by atoms with Gasteiger partial charge in [0.2, 0.25) is 0 Å². The van der Waals surface area contributed by atoms with Gasteiger partial charge in [-0.1, -0.05) is 0 Å². The Kier molecular flexibility index (Phi) is 5.03. The van der Waals surface area contributed by atoms with Gasteiger partial charge in [-0.2, -0.15) is 0 Å². The molecule has 2 N–H and O–H groups in total. The van der Waals surface area contributed by atoms with Crippen molar-refractivity contribution in [2.24, 2.45) is 0 Å². The fourth-order valence-corrected chi connectivity index (χ4v) is 5.52. The molecule has 7 nitrogen and oxygen atoms in total. The fraction of sp³-hybridized carbons (Fsp3) is 0.316. The second-order valence-corrected chi connectivity index (χ2v) is 9.74. The van der Waals surface area contributed by atoms with Gasteiger partial charge in [0.05, 0.1) is 0 Å². The average Bonchev–Trinajstić information content (AvgIpc) is 3.44. The third-order valence-corrected chi connectivity index (χ3v) is 7.00. The van der Waals surface area contributed by atoms with Gasteiger partial charge in [0.1, 0.15) is 0 Å². The van der Waals surface area contributed by atoms with E-state index in [1.54, 1.807) is 0 Å². The van der Waals surface area contributed by atoms with Crippen LogP contribution in [0.3, 0.4) is 0 Å². The van der Waals surface area contributed by atoms with Crippen LogP contribution in [0.15, 0.2) is 34.8 Å². The summed E-state index contributed by atoms with van der Waals surface area (Å²) in [6, 6.07) is 2.13. The molecule has 2 aliphatic heterocycles. The first kappa shape index (κ1) is 18.1. The summed E-state index contributed by atoms with van der Waals surface area (Å²) >= 11 is 1.43. The summed E-state index contributed by atoms with van der Waals surface area (Å²) in [5.41, 5.74) is 5.09. The fourth-order valence-electron chi connectivity index (χ4n) is 3.57. The Morgan fingerprint density at radius 2 is 2.21 bits per heavy atom. The molecule has 5 heterocycles. The van der Waals surface area contributed by atoms with Gasteiger partial charge < -0.3 is 0 Å². The van der Waals surface area contributed by atoms with E-state index in [9.17, 15) is 0 Å². The van der Waals surface area contributed by atoms with Gasteiger partial charge in [0, 0.05) is 0 Å². The van der Waals surface area contributed by atoms with Gasteiger partial charge in [-0.05, 0) is 25.9 Å². The van der Waals surface area contributed by atoms with Crippen molar-refractivity contribution in [1.29, 1.82) is 0 Å². The van der Waals surface area contributed by atoms with Crippen LogP contribution in [0.25, 0.3) is 11.2 Å². The van der Waals surface area contributed by atoms with Crippen LogP contribution >= 0.6 is 11.5 Å². The van der Waals surface area contributed by atoms with Crippen molar-refractivity contribution in [2.75, 3.05) is 18.4 Å². The minimum atomic E-state index is -0.0544. The summed E-state index contributed by atoms with van der Waals surface area (Å²) < 4.78 is 12.3. The van der Waals surface area contributed by atoms with Crippen molar-refractivity contribution >= 4 is 33.6 Å². The number of hydrogen-bond acceptors (Lipinski definition) is 7. The van der Waals surface area contributed by atoms with Crippen molar-refractivity contribution in [1.82, 2.24) is 27.2 Å². The van der Waals surface area contributed by atoms with Crippen molar-refractivity contribution in [3.05, 3.63) is 51.9 Å². The summed E-state index contributed by atoms with van der Waals surface area (Å²) in [4.78, 5) is 11.8. The molecule has 0 atom stereocenters. The molecule has 0 bridgehead atoms. The van der Waals surface area contributed by atoms with Crippen LogP contribution in [0.4, 0.5) is 10.8 Å². The van der Waals surface area contributed by atoms with Gasteiger partial charge in [-0.25, -0.2) is 0 Å². The molecule has 3 aromatic heterocycles. The van der Waals surface area contributed by atoms with E-state index in [-0.39, 0.29) is 21.5 Å². The molecule has 0 amide bonds. The number of allylic oxidation sites excluding steroid dienone is 2. The van der Waals surface area contributed by atoms with Crippen LogP contribution in [0.5, 0.6) is 0 Å². The standard InChI is InChI=1S/C19H21IN7S/c1-13-11-27-16(14-4-5-20-22-9-14)10-21-19(27)18(23-13)24-17-8-15(25-28-17)12-26-6-2-3-7-26/h4-5,8-11,22H,2-3,6-7,12H2,1H3,(H,23,24)/q-1. The molecular weight excluding hydrogens is 485 g/mol. The van der Waals surface area contributed by atoms with E-state index >= 15 is 0 Å². The summed E-state index contributed by atoms with van der Waals surface area (Å²) in [6.07, 6.45) is 10.8. The van der Waals surface area contributed by atoms with E-state index in [4.69, 9.17) is 4.98 Å². The number of fused-ring (bicyclic) bond motifs is 1. The van der Waals surface area contributed by atoms with Crippen LogP contribution in [0, 0.1) is 6.92 Å². The number of anilines is 2. The number of rotatable bonds is 5. The third-order valence-electron chi connectivity index (χ3n) is 4.87. The van der Waals surface area contributed by atoms with Gasteiger partial charge in [0.15, 0.2) is 0 Å². The molecule has 2 aliphatic rings. The van der Waals surface area contributed by atoms with E-state index < -0.39 is 0 Å². The Hall–Kier alpha value is -1.98. The summed E-state index contributed by atoms with van der Waals surface area (Å²) in [5.74, 6) is 0.767. The summed E-state index contributed by atoms with van der Waals surface area (Å²) in [5, 5.41) is 4.45. The number of imidazole rings is 1. The molecule has 1 saturated heterocycles. The molecule has 0 spiro atoms. The number of likely N-dealkylation sites (tertiary alicyclic amines) is 1. The quantitative estimate of drug-likeness (QED) is 0.383. The maximum absolute atomic E-state index is 4.69. The second-order valence-electron chi connectivity index (χ2n) is 6.97. The van der Waals surface area contributed by atoms with E-state index in [0.29, 0.717) is 0 Å². The van der Waals surface area contributed by atoms with E-state index in [0.717, 1.165) is 45.7 Å². The Labute approximate surface area is 178 Å². The predicted octanol–water partition coefficient (Wildman–Crippen LogP) is 0.295. The number of aromatic nitrogens is 4. The van der Waals surface area contributed by atoms with E-state index in [2.05, 4.69) is 49.9 Å². The van der Waals surface area contributed by atoms with Gasteiger partial charge in [-0.3, -0.25) is 4.90 Å². The molecule has 3 aromatic rings. The van der Waals surface area contributed by atoms with Crippen molar-refractivity contribution in [3.63, 3.8) is 0 Å². The Morgan fingerprint density at radius 1 is 1.32 bits per heavy atom. The van der Waals surface area contributed by atoms with Crippen LogP contribution in [0.1, 0.15) is 29.9 Å². The molecule has 28 heavy (non-hydrogen) atoms. The molecule has 0 unspecified atom stereocenters. The zero-order chi connectivity index (χ0) is 18.9. The number of nitrogens with one attached hydrogen (secondary N) is 2. The average molecular weight is 506 g/mol. The van der Waals surface area contributed by atoms with Crippen LogP contribution < -0.4 is 30.3 Å². The van der Waals surface area contributed by atoms with E-state index in [1.807, 2.05) is 19.3 Å².